The van der Waals surface area contributed by atoms with Gasteiger partial charge in [-0.3, -0.25) is 4.79 Å². The van der Waals surface area contributed by atoms with Crippen LogP contribution in [0.3, 0.4) is 0 Å². The van der Waals surface area contributed by atoms with E-state index in [-0.39, 0.29) is 5.91 Å². The summed E-state index contributed by atoms with van der Waals surface area (Å²) in [7, 11) is 3.43. The highest BCUT2D eigenvalue weighted by atomic mass is 16.5. The van der Waals surface area contributed by atoms with Crippen LogP contribution in [0.5, 0.6) is 11.5 Å². The van der Waals surface area contributed by atoms with E-state index in [1.807, 2.05) is 48.5 Å². The van der Waals surface area contributed by atoms with E-state index in [0.29, 0.717) is 17.9 Å². The van der Waals surface area contributed by atoms with Gasteiger partial charge in [-0.25, -0.2) is 0 Å². The van der Waals surface area contributed by atoms with Gasteiger partial charge in [-0.1, -0.05) is 37.6 Å². The van der Waals surface area contributed by atoms with Crippen LogP contribution in [0.25, 0.3) is 11.6 Å². The maximum Gasteiger partial charge on any atom is 0.258 e. The Balaban J connectivity index is 1.92. The number of likely N-dealkylation sites (N-methyl/N-ethyl adjacent to an activating group) is 1. The van der Waals surface area contributed by atoms with Crippen molar-refractivity contribution in [2.24, 2.45) is 0 Å². The normalized spacial score (nSPS) is 14.8. The number of unbranched alkanes of at least 4 members (excludes halogenated alkanes) is 1. The Hall–Kier alpha value is -2.75. The molecule has 0 unspecified atom stereocenters. The Labute approximate surface area is 148 Å². The monoisotopic (exact) mass is 337 g/mol. The number of hydrogen-bond acceptors (Lipinski definition) is 3. The summed E-state index contributed by atoms with van der Waals surface area (Å²) in [6.45, 7) is 2.80. The molecule has 4 heteroatoms. The van der Waals surface area contributed by atoms with Crippen LogP contribution in [0.4, 0.5) is 5.69 Å². The summed E-state index contributed by atoms with van der Waals surface area (Å²) in [6, 6.07) is 13.6. The molecule has 0 atom stereocenters. The predicted molar refractivity (Wildman–Crippen MR) is 101 cm³/mol. The molecule has 1 aliphatic rings. The number of para-hydroxylation sites is 1. The lowest BCUT2D eigenvalue weighted by Gasteiger charge is -2.11. The lowest BCUT2D eigenvalue weighted by Crippen LogP contribution is -2.20. The zero-order valence-corrected chi connectivity index (χ0v) is 14.9. The van der Waals surface area contributed by atoms with Crippen molar-refractivity contribution in [2.45, 2.75) is 19.8 Å². The van der Waals surface area contributed by atoms with Crippen LogP contribution in [0.2, 0.25) is 0 Å². The summed E-state index contributed by atoms with van der Waals surface area (Å²) in [4.78, 5) is 14.2. The molecule has 1 aliphatic heterocycles. The quantitative estimate of drug-likeness (QED) is 0.579. The Morgan fingerprint density at radius 3 is 2.68 bits per heavy atom. The Kier molecular flexibility index (Phi) is 5.08. The van der Waals surface area contributed by atoms with Crippen LogP contribution >= 0.6 is 0 Å². The summed E-state index contributed by atoms with van der Waals surface area (Å²) in [5.41, 5.74) is 3.50. The molecule has 25 heavy (non-hydrogen) atoms. The van der Waals surface area contributed by atoms with Gasteiger partial charge >= 0.3 is 0 Å². The van der Waals surface area contributed by atoms with Gasteiger partial charge in [0.05, 0.1) is 19.4 Å². The number of nitrogens with zero attached hydrogens (tertiary/aromatic N) is 1. The largest absolute Gasteiger partial charge is 0.493 e. The van der Waals surface area contributed by atoms with Gasteiger partial charge in [0.15, 0.2) is 11.5 Å². The summed E-state index contributed by atoms with van der Waals surface area (Å²) in [5, 5.41) is 0. The van der Waals surface area contributed by atoms with Gasteiger partial charge < -0.3 is 14.4 Å². The molecule has 4 nitrogen and oxygen atoms in total. The van der Waals surface area contributed by atoms with Crippen molar-refractivity contribution in [1.29, 1.82) is 0 Å². The number of ether oxygens (including phenoxy) is 2. The minimum Gasteiger partial charge on any atom is -0.493 e. The minimum absolute atomic E-state index is 0.00318. The molecule has 130 valence electrons. The minimum atomic E-state index is 0.00318. The Morgan fingerprint density at radius 1 is 1.12 bits per heavy atom. The van der Waals surface area contributed by atoms with Gasteiger partial charge in [-0.05, 0) is 36.3 Å². The van der Waals surface area contributed by atoms with Crippen LogP contribution in [0.15, 0.2) is 42.5 Å². The molecule has 0 fully saturated rings. The van der Waals surface area contributed by atoms with Gasteiger partial charge in [-0.2, -0.15) is 0 Å². The number of fused-ring (bicyclic) bond motifs is 1. The Morgan fingerprint density at radius 2 is 1.92 bits per heavy atom. The molecule has 1 heterocycles. The average molecular weight is 337 g/mol. The fourth-order valence-corrected chi connectivity index (χ4v) is 2.92. The zero-order chi connectivity index (χ0) is 17.8. The number of anilines is 1. The lowest BCUT2D eigenvalue weighted by molar-refractivity contribution is -0.112. The lowest BCUT2D eigenvalue weighted by atomic mass is 10.0. The maximum atomic E-state index is 12.6. The molecule has 0 bridgehead atoms. The molecule has 2 aromatic carbocycles. The first-order chi connectivity index (χ1) is 12.2. The molecular formula is C21H23NO3. The number of rotatable bonds is 6. The predicted octanol–water partition coefficient (Wildman–Crippen LogP) is 4.39. The summed E-state index contributed by atoms with van der Waals surface area (Å²) in [5.74, 6) is 1.41. The standard InChI is InChI=1S/C21H23NO3/c1-4-5-12-25-19-11-10-15(14-20(19)24-3)13-17-16-8-6-7-9-18(16)22(2)21(17)23/h6-11,13-14H,4-5,12H2,1-3H3/b17-13+. The van der Waals surface area contributed by atoms with E-state index in [4.69, 9.17) is 9.47 Å². The van der Waals surface area contributed by atoms with E-state index in [9.17, 15) is 4.79 Å². The van der Waals surface area contributed by atoms with Gasteiger partial charge in [0.25, 0.3) is 5.91 Å². The highest BCUT2D eigenvalue weighted by molar-refractivity contribution is 6.35. The third-order valence-corrected chi connectivity index (χ3v) is 4.34. The molecule has 0 spiro atoms. The smallest absolute Gasteiger partial charge is 0.258 e. The van der Waals surface area contributed by atoms with Gasteiger partial charge in [0.1, 0.15) is 0 Å². The Bertz CT molecular complexity index is 811. The second-order valence-electron chi connectivity index (χ2n) is 6.05. The molecule has 0 N–H and O–H groups in total. The molecule has 1 amide bonds. The molecule has 0 aliphatic carbocycles. The molecule has 0 saturated heterocycles. The van der Waals surface area contributed by atoms with Crippen molar-refractivity contribution in [3.05, 3.63) is 53.6 Å². The molecule has 0 saturated carbocycles. The topological polar surface area (TPSA) is 38.8 Å². The van der Waals surface area contributed by atoms with E-state index < -0.39 is 0 Å². The molecule has 2 aromatic rings. The number of hydrogen-bond donors (Lipinski definition) is 0. The summed E-state index contributed by atoms with van der Waals surface area (Å²) < 4.78 is 11.2. The van der Waals surface area contributed by atoms with Crippen molar-refractivity contribution in [3.63, 3.8) is 0 Å². The fourth-order valence-electron chi connectivity index (χ4n) is 2.92. The molecule has 0 radical (unpaired) electrons. The zero-order valence-electron chi connectivity index (χ0n) is 14.9. The number of methoxy groups -OCH3 is 1. The van der Waals surface area contributed by atoms with E-state index in [0.717, 1.165) is 35.4 Å². The van der Waals surface area contributed by atoms with Crippen molar-refractivity contribution < 1.29 is 14.3 Å². The maximum absolute atomic E-state index is 12.6. The van der Waals surface area contributed by atoms with Crippen molar-refractivity contribution in [1.82, 2.24) is 0 Å². The van der Waals surface area contributed by atoms with Crippen LogP contribution in [-0.2, 0) is 4.79 Å². The first-order valence-corrected chi connectivity index (χ1v) is 8.55. The number of carbonyl (C=O) groups excluding carboxylic acids is 1. The van der Waals surface area contributed by atoms with E-state index in [1.54, 1.807) is 19.1 Å². The van der Waals surface area contributed by atoms with Crippen LogP contribution < -0.4 is 14.4 Å². The van der Waals surface area contributed by atoms with E-state index in [1.165, 1.54) is 0 Å². The SMILES string of the molecule is CCCCOc1ccc(/C=C2/C(=O)N(C)c3ccccc32)cc1OC. The average Bonchev–Trinajstić information content (AvgIpc) is 2.88. The summed E-state index contributed by atoms with van der Waals surface area (Å²) >= 11 is 0. The van der Waals surface area contributed by atoms with E-state index >= 15 is 0 Å². The molecule has 3 rings (SSSR count). The van der Waals surface area contributed by atoms with Gasteiger partial charge in [0.2, 0.25) is 0 Å². The first-order valence-electron chi connectivity index (χ1n) is 8.55. The van der Waals surface area contributed by atoms with Crippen LogP contribution in [0, 0.1) is 0 Å². The number of amides is 1. The van der Waals surface area contributed by atoms with Crippen LogP contribution in [-0.4, -0.2) is 26.7 Å². The van der Waals surface area contributed by atoms with Crippen molar-refractivity contribution in [3.8, 4) is 11.5 Å². The third kappa shape index (κ3) is 3.38. The van der Waals surface area contributed by atoms with Crippen molar-refractivity contribution in [2.75, 3.05) is 25.7 Å². The number of benzene rings is 2. The molecule has 0 aromatic heterocycles. The summed E-state index contributed by atoms with van der Waals surface area (Å²) in [6.07, 6.45) is 4.00. The molecular weight excluding hydrogens is 314 g/mol. The first kappa shape index (κ1) is 17.1. The highest BCUT2D eigenvalue weighted by Crippen LogP contribution is 2.37. The highest BCUT2D eigenvalue weighted by Gasteiger charge is 2.29. The van der Waals surface area contributed by atoms with Gasteiger partial charge in [-0.15, -0.1) is 0 Å². The van der Waals surface area contributed by atoms with Crippen LogP contribution in [0.1, 0.15) is 30.9 Å². The third-order valence-electron chi connectivity index (χ3n) is 4.34. The van der Waals surface area contributed by atoms with E-state index in [2.05, 4.69) is 6.92 Å². The second-order valence-corrected chi connectivity index (χ2v) is 6.05. The second kappa shape index (κ2) is 7.43. The van der Waals surface area contributed by atoms with Crippen molar-refractivity contribution >= 4 is 23.2 Å². The fraction of sp³-hybridized carbons (Fsp3) is 0.286. The number of carbonyl (C=O) groups is 1. The van der Waals surface area contributed by atoms with Gasteiger partial charge in [0, 0.05) is 18.2 Å².